The third kappa shape index (κ3) is 6.07. The molecule has 0 spiro atoms. The van der Waals surface area contributed by atoms with Crippen molar-refractivity contribution in [2.45, 2.75) is 64.5 Å². The van der Waals surface area contributed by atoms with Crippen molar-refractivity contribution >= 4 is 12.0 Å². The lowest BCUT2D eigenvalue weighted by Crippen LogP contribution is -2.39. The van der Waals surface area contributed by atoms with Crippen LogP contribution in [0.3, 0.4) is 0 Å². The number of ether oxygens (including phenoxy) is 2. The van der Waals surface area contributed by atoms with Gasteiger partial charge in [-0.1, -0.05) is 30.3 Å². The lowest BCUT2D eigenvalue weighted by Gasteiger charge is -2.37. The Kier molecular flexibility index (Phi) is 7.00. The molecule has 2 aromatic rings. The van der Waals surface area contributed by atoms with Crippen LogP contribution in [-0.2, 0) is 22.6 Å². The van der Waals surface area contributed by atoms with E-state index in [9.17, 15) is 9.59 Å². The zero-order chi connectivity index (χ0) is 22.6. The Hall–Kier alpha value is -2.87. The monoisotopic (exact) mass is 428 g/mol. The van der Waals surface area contributed by atoms with Gasteiger partial charge in [-0.15, -0.1) is 0 Å². The number of hydrogen-bond donors (Lipinski definition) is 1. The van der Waals surface area contributed by atoms with Gasteiger partial charge in [0.05, 0.1) is 31.0 Å². The Labute approximate surface area is 183 Å². The number of nitrogens with one attached hydrogen (secondary N) is 1. The number of nitrogens with zero attached hydrogens (tertiary/aromatic N) is 3. The SMILES string of the molecule is CN(C)C(=O)c1cc(CNC(=O)OC(C)(C)C)n(C2CCC2OCc2ccccc2)n1. The fourth-order valence-electron chi connectivity index (χ4n) is 3.37. The van der Waals surface area contributed by atoms with Crippen LogP contribution in [0.15, 0.2) is 36.4 Å². The van der Waals surface area contributed by atoms with Crippen molar-refractivity contribution in [1.29, 1.82) is 0 Å². The molecule has 0 aliphatic heterocycles. The van der Waals surface area contributed by atoms with E-state index < -0.39 is 11.7 Å². The van der Waals surface area contributed by atoms with Crippen molar-refractivity contribution in [1.82, 2.24) is 20.0 Å². The summed E-state index contributed by atoms with van der Waals surface area (Å²) in [4.78, 5) is 26.1. The van der Waals surface area contributed by atoms with Gasteiger partial charge in [-0.2, -0.15) is 5.10 Å². The fourth-order valence-corrected chi connectivity index (χ4v) is 3.37. The van der Waals surface area contributed by atoms with Gasteiger partial charge in [-0.3, -0.25) is 9.48 Å². The number of amides is 2. The lowest BCUT2D eigenvalue weighted by atomic mass is 9.89. The maximum Gasteiger partial charge on any atom is 0.407 e. The predicted molar refractivity (Wildman–Crippen MR) is 117 cm³/mol. The van der Waals surface area contributed by atoms with Gasteiger partial charge in [0.1, 0.15) is 5.60 Å². The minimum Gasteiger partial charge on any atom is -0.444 e. The average molecular weight is 429 g/mol. The van der Waals surface area contributed by atoms with Crippen LogP contribution in [0.5, 0.6) is 0 Å². The van der Waals surface area contributed by atoms with E-state index in [-0.39, 0.29) is 24.6 Å². The van der Waals surface area contributed by atoms with Crippen molar-refractivity contribution in [2.75, 3.05) is 14.1 Å². The van der Waals surface area contributed by atoms with Crippen LogP contribution in [0.25, 0.3) is 0 Å². The van der Waals surface area contributed by atoms with Crippen LogP contribution in [0.1, 0.15) is 61.4 Å². The molecule has 0 radical (unpaired) electrons. The summed E-state index contributed by atoms with van der Waals surface area (Å²) in [6.07, 6.45) is 1.32. The van der Waals surface area contributed by atoms with E-state index in [4.69, 9.17) is 9.47 Å². The molecule has 3 rings (SSSR count). The van der Waals surface area contributed by atoms with Crippen LogP contribution < -0.4 is 5.32 Å². The van der Waals surface area contributed by atoms with Gasteiger partial charge in [0.2, 0.25) is 0 Å². The quantitative estimate of drug-likeness (QED) is 0.729. The first-order chi connectivity index (χ1) is 14.6. The summed E-state index contributed by atoms with van der Waals surface area (Å²) in [5.41, 5.74) is 1.62. The molecule has 1 aromatic heterocycles. The molecule has 1 saturated carbocycles. The second-order valence-electron chi connectivity index (χ2n) is 9.00. The van der Waals surface area contributed by atoms with Crippen LogP contribution in [0.2, 0.25) is 0 Å². The standard InChI is InChI=1S/C23H32N4O4/c1-23(2,3)31-22(29)24-14-17-13-18(21(28)26(4)5)25-27(17)19-11-12-20(19)30-15-16-9-7-6-8-10-16/h6-10,13,19-20H,11-12,14-15H2,1-5H3,(H,24,29). The molecule has 0 bridgehead atoms. The molecule has 0 saturated heterocycles. The Morgan fingerprint density at radius 2 is 1.90 bits per heavy atom. The Bertz CT molecular complexity index is 902. The zero-order valence-electron chi connectivity index (χ0n) is 18.9. The molecule has 168 valence electrons. The van der Waals surface area contributed by atoms with Crippen molar-refractivity contribution in [3.05, 3.63) is 53.3 Å². The number of carbonyl (C=O) groups excluding carboxylic acids is 2. The molecule has 1 heterocycles. The van der Waals surface area contributed by atoms with Crippen LogP contribution in [-0.4, -0.2) is 52.5 Å². The van der Waals surface area contributed by atoms with Gasteiger partial charge in [0.15, 0.2) is 5.69 Å². The number of carbonyl (C=O) groups is 2. The topological polar surface area (TPSA) is 85.7 Å². The van der Waals surface area contributed by atoms with Gasteiger partial charge in [-0.05, 0) is 45.2 Å². The average Bonchev–Trinajstić information content (AvgIpc) is 3.07. The maximum atomic E-state index is 12.5. The summed E-state index contributed by atoms with van der Waals surface area (Å²) in [6, 6.07) is 11.8. The predicted octanol–water partition coefficient (Wildman–Crippen LogP) is 3.53. The molecular weight excluding hydrogens is 396 g/mol. The molecule has 2 atom stereocenters. The van der Waals surface area contributed by atoms with E-state index >= 15 is 0 Å². The molecule has 1 aromatic carbocycles. The number of alkyl carbamates (subject to hydrolysis) is 1. The summed E-state index contributed by atoms with van der Waals surface area (Å²) in [5, 5.41) is 7.33. The van der Waals surface area contributed by atoms with Gasteiger partial charge >= 0.3 is 6.09 Å². The molecule has 1 fully saturated rings. The molecular formula is C23H32N4O4. The fraction of sp³-hybridized carbons (Fsp3) is 0.522. The highest BCUT2D eigenvalue weighted by molar-refractivity contribution is 5.92. The van der Waals surface area contributed by atoms with E-state index in [2.05, 4.69) is 10.4 Å². The third-order valence-electron chi connectivity index (χ3n) is 5.05. The van der Waals surface area contributed by atoms with Crippen LogP contribution >= 0.6 is 0 Å². The zero-order valence-corrected chi connectivity index (χ0v) is 18.9. The number of benzene rings is 1. The minimum absolute atomic E-state index is 0.00249. The van der Waals surface area contributed by atoms with Crippen molar-refractivity contribution in [3.8, 4) is 0 Å². The second-order valence-corrected chi connectivity index (χ2v) is 9.00. The minimum atomic E-state index is -0.583. The highest BCUT2D eigenvalue weighted by Crippen LogP contribution is 2.36. The van der Waals surface area contributed by atoms with Gasteiger partial charge in [0, 0.05) is 14.1 Å². The third-order valence-corrected chi connectivity index (χ3v) is 5.05. The summed E-state index contributed by atoms with van der Waals surface area (Å²) in [6.45, 7) is 6.18. The summed E-state index contributed by atoms with van der Waals surface area (Å²) in [5.74, 6) is -0.182. The van der Waals surface area contributed by atoms with Gasteiger partial charge in [-0.25, -0.2) is 4.79 Å². The smallest absolute Gasteiger partial charge is 0.407 e. The molecule has 31 heavy (non-hydrogen) atoms. The Morgan fingerprint density at radius 1 is 1.19 bits per heavy atom. The number of hydrogen-bond acceptors (Lipinski definition) is 5. The van der Waals surface area contributed by atoms with E-state index in [1.165, 1.54) is 4.90 Å². The first-order valence-electron chi connectivity index (χ1n) is 10.6. The molecule has 2 unspecified atom stereocenters. The maximum absolute atomic E-state index is 12.5. The van der Waals surface area contributed by atoms with Crippen LogP contribution in [0, 0.1) is 0 Å². The number of rotatable bonds is 7. The molecule has 1 aliphatic rings. The first kappa shape index (κ1) is 22.8. The van der Waals surface area contributed by atoms with Gasteiger partial charge < -0.3 is 19.7 Å². The lowest BCUT2D eigenvalue weighted by molar-refractivity contribution is -0.0539. The van der Waals surface area contributed by atoms with Crippen LogP contribution in [0.4, 0.5) is 4.79 Å². The largest absolute Gasteiger partial charge is 0.444 e. The summed E-state index contributed by atoms with van der Waals surface area (Å²) >= 11 is 0. The molecule has 1 N–H and O–H groups in total. The summed E-state index contributed by atoms with van der Waals surface area (Å²) < 4.78 is 13.3. The highest BCUT2D eigenvalue weighted by atomic mass is 16.6. The molecule has 1 aliphatic carbocycles. The van der Waals surface area contributed by atoms with Crippen molar-refractivity contribution in [2.24, 2.45) is 0 Å². The summed E-state index contributed by atoms with van der Waals surface area (Å²) in [7, 11) is 3.38. The van der Waals surface area contributed by atoms with Crippen molar-refractivity contribution in [3.63, 3.8) is 0 Å². The van der Waals surface area contributed by atoms with Crippen molar-refractivity contribution < 1.29 is 19.1 Å². The first-order valence-corrected chi connectivity index (χ1v) is 10.6. The van der Waals surface area contributed by atoms with E-state index in [0.717, 1.165) is 24.1 Å². The normalized spacial score (nSPS) is 18.2. The molecule has 8 heteroatoms. The molecule has 8 nitrogen and oxygen atoms in total. The van der Waals surface area contributed by atoms with E-state index in [1.54, 1.807) is 20.2 Å². The highest BCUT2D eigenvalue weighted by Gasteiger charge is 2.36. The number of aromatic nitrogens is 2. The van der Waals surface area contributed by atoms with E-state index in [1.807, 2.05) is 55.8 Å². The van der Waals surface area contributed by atoms with E-state index in [0.29, 0.717) is 12.3 Å². The second kappa shape index (κ2) is 9.51. The Balaban J connectivity index is 1.72. The Morgan fingerprint density at radius 3 is 2.48 bits per heavy atom. The van der Waals surface area contributed by atoms with Gasteiger partial charge in [0.25, 0.3) is 5.91 Å². The molecule has 2 amide bonds.